The van der Waals surface area contributed by atoms with Crippen LogP contribution < -0.4 is 10.6 Å². The lowest BCUT2D eigenvalue weighted by Gasteiger charge is -2.24. The fourth-order valence-corrected chi connectivity index (χ4v) is 1.95. The van der Waals surface area contributed by atoms with Crippen LogP contribution in [0, 0.1) is 0 Å². The maximum absolute atomic E-state index is 12.2. The van der Waals surface area contributed by atoms with Crippen molar-refractivity contribution in [3.05, 3.63) is 34.3 Å². The summed E-state index contributed by atoms with van der Waals surface area (Å²) in [5, 5.41) is 6.04. The first kappa shape index (κ1) is 18.4. The van der Waals surface area contributed by atoms with Crippen LogP contribution in [0.2, 0.25) is 0 Å². The second-order valence-electron chi connectivity index (χ2n) is 4.84. The molecule has 1 amide bonds. The van der Waals surface area contributed by atoms with Gasteiger partial charge < -0.3 is 10.6 Å². The van der Waals surface area contributed by atoms with Crippen LogP contribution in [0.25, 0.3) is 0 Å². The first-order valence-corrected chi connectivity index (χ1v) is 6.96. The van der Waals surface area contributed by atoms with Gasteiger partial charge in [-0.25, -0.2) is 0 Å². The molecule has 0 atom stereocenters. The molecule has 5 heteroatoms. The van der Waals surface area contributed by atoms with Gasteiger partial charge in [0, 0.05) is 11.0 Å². The van der Waals surface area contributed by atoms with E-state index in [9.17, 15) is 4.79 Å². The van der Waals surface area contributed by atoms with Crippen molar-refractivity contribution in [2.24, 2.45) is 0 Å². The summed E-state index contributed by atoms with van der Waals surface area (Å²) in [6.07, 6.45) is 0.943. The first-order chi connectivity index (χ1) is 8.48. The number of carbonyl (C=O) groups is 1. The summed E-state index contributed by atoms with van der Waals surface area (Å²) in [5.74, 6) is 0.0703. The van der Waals surface area contributed by atoms with Crippen molar-refractivity contribution >= 4 is 34.2 Å². The molecule has 0 aliphatic rings. The molecule has 1 aromatic rings. The van der Waals surface area contributed by atoms with Gasteiger partial charge in [0.25, 0.3) is 0 Å². The molecule has 19 heavy (non-hydrogen) atoms. The summed E-state index contributed by atoms with van der Waals surface area (Å²) < 4.78 is 1.02. The number of hydrogen-bond donors (Lipinski definition) is 2. The summed E-state index contributed by atoms with van der Waals surface area (Å²) in [5.41, 5.74) is 0.525. The lowest BCUT2D eigenvalue weighted by molar-refractivity contribution is -0.125. The third-order valence-corrected chi connectivity index (χ3v) is 3.55. The molecule has 0 fully saturated rings. The average molecular weight is 350 g/mol. The fourth-order valence-electron chi connectivity index (χ4n) is 1.69. The monoisotopic (exact) mass is 348 g/mol. The Balaban J connectivity index is 0.00000324. The number of rotatable bonds is 6. The largest absolute Gasteiger partial charge is 0.355 e. The number of hydrogen-bond acceptors (Lipinski definition) is 2. The van der Waals surface area contributed by atoms with Crippen LogP contribution in [0.4, 0.5) is 0 Å². The van der Waals surface area contributed by atoms with Gasteiger partial charge in [0.1, 0.15) is 0 Å². The number of carbonyl (C=O) groups excluding carboxylic acids is 1. The van der Waals surface area contributed by atoms with Gasteiger partial charge >= 0.3 is 0 Å². The van der Waals surface area contributed by atoms with Crippen LogP contribution in [0.15, 0.2) is 28.7 Å². The van der Waals surface area contributed by atoms with E-state index in [0.717, 1.165) is 23.0 Å². The molecule has 0 saturated carbocycles. The minimum absolute atomic E-state index is 0. The van der Waals surface area contributed by atoms with E-state index in [1.807, 2.05) is 45.2 Å². The van der Waals surface area contributed by atoms with Crippen LogP contribution >= 0.6 is 28.3 Å². The second-order valence-corrected chi connectivity index (χ2v) is 5.76. The molecule has 1 rings (SSSR count). The molecular weight excluding hydrogens is 328 g/mol. The van der Waals surface area contributed by atoms with E-state index >= 15 is 0 Å². The first-order valence-electron chi connectivity index (χ1n) is 6.17. The summed E-state index contributed by atoms with van der Waals surface area (Å²) in [4.78, 5) is 12.2. The Kier molecular flexibility index (Phi) is 8.30. The van der Waals surface area contributed by atoms with Crippen LogP contribution in [0.1, 0.15) is 25.8 Å². The molecule has 0 unspecified atom stereocenters. The SMILES string of the molecule is CNCCCNC(=O)C(C)(C)c1ccc(Br)cc1.Cl. The third-order valence-electron chi connectivity index (χ3n) is 3.02. The van der Waals surface area contributed by atoms with Crippen molar-refractivity contribution in [3.8, 4) is 0 Å². The normalized spacial score (nSPS) is 10.7. The van der Waals surface area contributed by atoms with Gasteiger partial charge in [0.2, 0.25) is 5.91 Å². The van der Waals surface area contributed by atoms with E-state index in [4.69, 9.17) is 0 Å². The quantitative estimate of drug-likeness (QED) is 0.775. The van der Waals surface area contributed by atoms with Gasteiger partial charge in [-0.1, -0.05) is 28.1 Å². The van der Waals surface area contributed by atoms with E-state index < -0.39 is 5.41 Å². The minimum Gasteiger partial charge on any atom is -0.355 e. The standard InChI is InChI=1S/C14H21BrN2O.ClH/c1-14(2,11-5-7-12(15)8-6-11)13(18)17-10-4-9-16-3;/h5-8,16H,4,9-10H2,1-3H3,(H,17,18);1H. The Morgan fingerprint density at radius 3 is 2.32 bits per heavy atom. The van der Waals surface area contributed by atoms with E-state index in [-0.39, 0.29) is 18.3 Å². The third kappa shape index (κ3) is 5.51. The molecule has 0 heterocycles. The maximum atomic E-state index is 12.2. The predicted octanol–water partition coefficient (Wildman–Crippen LogP) is 2.87. The summed E-state index contributed by atoms with van der Waals surface area (Å²) in [6, 6.07) is 7.89. The van der Waals surface area contributed by atoms with Crippen LogP contribution in [-0.2, 0) is 10.2 Å². The lowest BCUT2D eigenvalue weighted by atomic mass is 9.84. The van der Waals surface area contributed by atoms with Gasteiger partial charge in [-0.3, -0.25) is 4.79 Å². The topological polar surface area (TPSA) is 41.1 Å². The van der Waals surface area contributed by atoms with Crippen molar-refractivity contribution in [2.45, 2.75) is 25.7 Å². The summed E-state index contributed by atoms with van der Waals surface area (Å²) in [7, 11) is 1.91. The highest BCUT2D eigenvalue weighted by Crippen LogP contribution is 2.24. The Bertz CT molecular complexity index is 393. The molecule has 0 bridgehead atoms. The van der Waals surface area contributed by atoms with Crippen molar-refractivity contribution in [1.29, 1.82) is 0 Å². The number of halogens is 2. The van der Waals surface area contributed by atoms with Crippen LogP contribution in [0.5, 0.6) is 0 Å². The van der Waals surface area contributed by atoms with E-state index in [1.165, 1.54) is 0 Å². The molecule has 0 saturated heterocycles. The fraction of sp³-hybridized carbons (Fsp3) is 0.500. The molecule has 0 spiro atoms. The minimum atomic E-state index is -0.500. The highest BCUT2D eigenvalue weighted by Gasteiger charge is 2.29. The molecule has 0 radical (unpaired) electrons. The van der Waals surface area contributed by atoms with Crippen molar-refractivity contribution in [1.82, 2.24) is 10.6 Å². The molecule has 0 aliphatic carbocycles. The Morgan fingerprint density at radius 2 is 1.79 bits per heavy atom. The highest BCUT2D eigenvalue weighted by atomic mass is 79.9. The van der Waals surface area contributed by atoms with Crippen LogP contribution in [0.3, 0.4) is 0 Å². The zero-order valence-electron chi connectivity index (χ0n) is 11.6. The van der Waals surface area contributed by atoms with Crippen molar-refractivity contribution in [2.75, 3.05) is 20.1 Å². The number of benzene rings is 1. The van der Waals surface area contributed by atoms with Gasteiger partial charge in [0.15, 0.2) is 0 Å². The van der Waals surface area contributed by atoms with Crippen molar-refractivity contribution < 1.29 is 4.79 Å². The maximum Gasteiger partial charge on any atom is 0.230 e. The Hall–Kier alpha value is -0.580. The Labute approximate surface area is 130 Å². The van der Waals surface area contributed by atoms with E-state index in [0.29, 0.717) is 6.54 Å². The smallest absolute Gasteiger partial charge is 0.230 e. The zero-order valence-corrected chi connectivity index (χ0v) is 14.0. The number of nitrogens with one attached hydrogen (secondary N) is 2. The highest BCUT2D eigenvalue weighted by molar-refractivity contribution is 9.10. The second kappa shape index (κ2) is 8.56. The Morgan fingerprint density at radius 1 is 1.21 bits per heavy atom. The summed E-state index contributed by atoms with van der Waals surface area (Å²) >= 11 is 3.40. The van der Waals surface area contributed by atoms with E-state index in [1.54, 1.807) is 0 Å². The van der Waals surface area contributed by atoms with Gasteiger partial charge in [-0.2, -0.15) is 0 Å². The van der Waals surface area contributed by atoms with Gasteiger partial charge in [-0.15, -0.1) is 12.4 Å². The van der Waals surface area contributed by atoms with Crippen molar-refractivity contribution in [3.63, 3.8) is 0 Å². The average Bonchev–Trinajstić information content (AvgIpc) is 2.35. The van der Waals surface area contributed by atoms with E-state index in [2.05, 4.69) is 26.6 Å². The molecule has 3 nitrogen and oxygen atoms in total. The van der Waals surface area contributed by atoms with Crippen LogP contribution in [-0.4, -0.2) is 26.0 Å². The zero-order chi connectivity index (χ0) is 13.6. The van der Waals surface area contributed by atoms with Gasteiger partial charge in [-0.05, 0) is 51.6 Å². The molecule has 0 aliphatic heterocycles. The lowest BCUT2D eigenvalue weighted by Crippen LogP contribution is -2.40. The molecular formula is C14H22BrClN2O. The predicted molar refractivity (Wildman–Crippen MR) is 86.0 cm³/mol. The molecule has 0 aromatic heterocycles. The summed E-state index contributed by atoms with van der Waals surface area (Å²) in [6.45, 7) is 5.52. The molecule has 2 N–H and O–H groups in total. The molecule has 1 aromatic carbocycles. The molecule has 108 valence electrons. The van der Waals surface area contributed by atoms with Gasteiger partial charge in [0.05, 0.1) is 5.41 Å². The number of amides is 1.